The zero-order valence-electron chi connectivity index (χ0n) is 13.2. The average molecular weight is 331 g/mol. The zero-order valence-corrected chi connectivity index (χ0v) is 14.0. The van der Waals surface area contributed by atoms with Crippen LogP contribution in [0.3, 0.4) is 0 Å². The van der Waals surface area contributed by atoms with Gasteiger partial charge in [-0.3, -0.25) is 4.79 Å². The average Bonchev–Trinajstić information content (AvgIpc) is 2.51. The fourth-order valence-electron chi connectivity index (χ4n) is 2.30. The van der Waals surface area contributed by atoms with Crippen LogP contribution >= 0.6 is 0 Å². The second-order valence-corrected chi connectivity index (χ2v) is 7.75. The molecule has 0 fully saturated rings. The lowest BCUT2D eigenvalue weighted by Gasteiger charge is -2.06. The predicted molar refractivity (Wildman–Crippen MR) is 92.1 cm³/mol. The third-order valence-electron chi connectivity index (χ3n) is 3.42. The maximum Gasteiger partial charge on any atom is 0.251 e. The number of sulfone groups is 1. The summed E-state index contributed by atoms with van der Waals surface area (Å²) in [6.07, 6.45) is 3.00. The van der Waals surface area contributed by atoms with Crippen molar-refractivity contribution in [2.75, 3.05) is 12.8 Å². The molecule has 5 heteroatoms. The molecule has 0 saturated carbocycles. The van der Waals surface area contributed by atoms with E-state index in [-0.39, 0.29) is 11.7 Å². The lowest BCUT2D eigenvalue weighted by molar-refractivity contribution is 0.0953. The Morgan fingerprint density at radius 3 is 2.22 bits per heavy atom. The van der Waals surface area contributed by atoms with Crippen molar-refractivity contribution >= 4 is 15.7 Å². The maximum atomic E-state index is 12.0. The van der Waals surface area contributed by atoms with Gasteiger partial charge in [-0.2, -0.15) is 0 Å². The maximum absolute atomic E-state index is 12.0. The van der Waals surface area contributed by atoms with Crippen LogP contribution in [0.1, 0.15) is 27.9 Å². The predicted octanol–water partition coefficient (Wildman–Crippen LogP) is 2.59. The fraction of sp³-hybridized carbons (Fsp3) is 0.278. The highest BCUT2D eigenvalue weighted by Gasteiger charge is 2.07. The van der Waals surface area contributed by atoms with Crippen LogP contribution < -0.4 is 5.32 Å². The van der Waals surface area contributed by atoms with Gasteiger partial charge in [0.15, 0.2) is 9.84 Å². The van der Waals surface area contributed by atoms with Crippen LogP contribution in [-0.4, -0.2) is 27.1 Å². The van der Waals surface area contributed by atoms with Crippen molar-refractivity contribution in [2.24, 2.45) is 0 Å². The van der Waals surface area contributed by atoms with Gasteiger partial charge in [0.1, 0.15) is 0 Å². The van der Waals surface area contributed by atoms with Crippen LogP contribution in [0, 0.1) is 0 Å². The summed E-state index contributed by atoms with van der Waals surface area (Å²) >= 11 is 0. The number of nitrogens with one attached hydrogen (secondary N) is 1. The van der Waals surface area contributed by atoms with Gasteiger partial charge in [-0.05, 0) is 36.1 Å². The first-order chi connectivity index (χ1) is 10.9. The van der Waals surface area contributed by atoms with E-state index in [1.54, 1.807) is 24.3 Å². The molecule has 0 saturated heterocycles. The lowest BCUT2D eigenvalue weighted by atomic mass is 10.1. The summed E-state index contributed by atoms with van der Waals surface area (Å²) in [5.41, 5.74) is 2.49. The number of hydrogen-bond acceptors (Lipinski definition) is 3. The molecule has 0 aliphatic heterocycles. The van der Waals surface area contributed by atoms with Gasteiger partial charge in [-0.15, -0.1) is 0 Å². The molecule has 0 radical (unpaired) electrons. The van der Waals surface area contributed by atoms with E-state index in [0.717, 1.165) is 12.8 Å². The zero-order chi connectivity index (χ0) is 16.7. The third kappa shape index (κ3) is 6.24. The first-order valence-electron chi connectivity index (χ1n) is 7.53. The first kappa shape index (κ1) is 17.2. The molecule has 2 aromatic rings. The SMILES string of the molecule is CS(=O)(=O)Cc1ccc(C(=O)NCCCc2ccccc2)cc1. The lowest BCUT2D eigenvalue weighted by Crippen LogP contribution is -2.24. The molecule has 0 unspecified atom stereocenters. The van der Waals surface area contributed by atoms with Gasteiger partial charge < -0.3 is 5.32 Å². The Hall–Kier alpha value is -2.14. The highest BCUT2D eigenvalue weighted by atomic mass is 32.2. The normalized spacial score (nSPS) is 11.2. The van der Waals surface area contributed by atoms with Crippen LogP contribution in [0.15, 0.2) is 54.6 Å². The molecule has 1 amide bonds. The standard InChI is InChI=1S/C18H21NO3S/c1-23(21,22)14-16-9-11-17(12-10-16)18(20)19-13-5-8-15-6-3-2-4-7-15/h2-4,6-7,9-12H,5,8,13-14H2,1H3,(H,19,20). The van der Waals surface area contributed by atoms with E-state index in [9.17, 15) is 13.2 Å². The number of benzene rings is 2. The van der Waals surface area contributed by atoms with Crippen molar-refractivity contribution in [2.45, 2.75) is 18.6 Å². The molecule has 0 aliphatic carbocycles. The molecule has 0 bridgehead atoms. The van der Waals surface area contributed by atoms with Crippen molar-refractivity contribution < 1.29 is 13.2 Å². The highest BCUT2D eigenvalue weighted by molar-refractivity contribution is 7.89. The number of carbonyl (C=O) groups excluding carboxylic acids is 1. The van der Waals surface area contributed by atoms with Gasteiger partial charge in [0.25, 0.3) is 5.91 Å². The van der Waals surface area contributed by atoms with E-state index in [0.29, 0.717) is 17.7 Å². The Labute approximate surface area is 137 Å². The minimum atomic E-state index is -3.05. The van der Waals surface area contributed by atoms with Crippen molar-refractivity contribution in [3.63, 3.8) is 0 Å². The molecule has 0 heterocycles. The Bertz CT molecular complexity index is 738. The molecular weight excluding hydrogens is 310 g/mol. The van der Waals surface area contributed by atoms with E-state index in [4.69, 9.17) is 0 Å². The Kier molecular flexibility index (Phi) is 5.93. The Balaban J connectivity index is 1.79. The molecule has 23 heavy (non-hydrogen) atoms. The first-order valence-corrected chi connectivity index (χ1v) is 9.59. The summed E-state index contributed by atoms with van der Waals surface area (Å²) < 4.78 is 22.5. The molecule has 4 nitrogen and oxygen atoms in total. The minimum absolute atomic E-state index is 0.00796. The van der Waals surface area contributed by atoms with E-state index in [1.165, 1.54) is 11.8 Å². The monoisotopic (exact) mass is 331 g/mol. The summed E-state index contributed by atoms with van der Waals surface area (Å²) in [5.74, 6) is -0.143. The molecule has 2 rings (SSSR count). The fourth-order valence-corrected chi connectivity index (χ4v) is 3.09. The molecule has 0 aliphatic rings. The van der Waals surface area contributed by atoms with Gasteiger partial charge in [0.05, 0.1) is 5.75 Å². The molecule has 0 atom stereocenters. The van der Waals surface area contributed by atoms with Crippen LogP contribution in [0.5, 0.6) is 0 Å². The Morgan fingerprint density at radius 2 is 1.61 bits per heavy atom. The van der Waals surface area contributed by atoms with Crippen LogP contribution in [0.2, 0.25) is 0 Å². The molecule has 0 spiro atoms. The van der Waals surface area contributed by atoms with E-state index in [2.05, 4.69) is 17.4 Å². The smallest absolute Gasteiger partial charge is 0.251 e. The van der Waals surface area contributed by atoms with Crippen LogP contribution in [0.4, 0.5) is 0 Å². The molecule has 122 valence electrons. The van der Waals surface area contributed by atoms with Crippen LogP contribution in [0.25, 0.3) is 0 Å². The number of rotatable bonds is 7. The minimum Gasteiger partial charge on any atom is -0.352 e. The van der Waals surface area contributed by atoms with Crippen molar-refractivity contribution in [3.05, 3.63) is 71.3 Å². The van der Waals surface area contributed by atoms with E-state index < -0.39 is 9.84 Å². The van der Waals surface area contributed by atoms with Gasteiger partial charge in [0.2, 0.25) is 0 Å². The molecule has 0 aromatic heterocycles. The summed E-state index contributed by atoms with van der Waals surface area (Å²) in [4.78, 5) is 12.0. The summed E-state index contributed by atoms with van der Waals surface area (Å²) in [6, 6.07) is 16.8. The molecule has 1 N–H and O–H groups in total. The second-order valence-electron chi connectivity index (χ2n) is 5.61. The van der Waals surface area contributed by atoms with Gasteiger partial charge in [0, 0.05) is 18.4 Å². The topological polar surface area (TPSA) is 63.2 Å². The van der Waals surface area contributed by atoms with E-state index >= 15 is 0 Å². The van der Waals surface area contributed by atoms with Gasteiger partial charge in [-0.25, -0.2) is 8.42 Å². The van der Waals surface area contributed by atoms with Crippen molar-refractivity contribution in [1.29, 1.82) is 0 Å². The second kappa shape index (κ2) is 7.92. The molecule has 2 aromatic carbocycles. The number of hydrogen-bond donors (Lipinski definition) is 1. The largest absolute Gasteiger partial charge is 0.352 e. The summed E-state index contributed by atoms with van der Waals surface area (Å²) in [6.45, 7) is 0.610. The number of amides is 1. The summed E-state index contributed by atoms with van der Waals surface area (Å²) in [5, 5.41) is 2.88. The van der Waals surface area contributed by atoms with Crippen molar-refractivity contribution in [3.8, 4) is 0 Å². The van der Waals surface area contributed by atoms with Gasteiger partial charge >= 0.3 is 0 Å². The third-order valence-corrected chi connectivity index (χ3v) is 4.27. The van der Waals surface area contributed by atoms with Crippen molar-refractivity contribution in [1.82, 2.24) is 5.32 Å². The van der Waals surface area contributed by atoms with Crippen LogP contribution in [-0.2, 0) is 22.0 Å². The highest BCUT2D eigenvalue weighted by Crippen LogP contribution is 2.08. The van der Waals surface area contributed by atoms with E-state index in [1.807, 2.05) is 18.2 Å². The quantitative estimate of drug-likeness (QED) is 0.793. The number of carbonyl (C=O) groups is 1. The Morgan fingerprint density at radius 1 is 0.957 bits per heavy atom. The van der Waals surface area contributed by atoms with Gasteiger partial charge in [-0.1, -0.05) is 42.5 Å². The molecular formula is C18H21NO3S. The number of aryl methyl sites for hydroxylation is 1. The summed E-state index contributed by atoms with van der Waals surface area (Å²) in [7, 11) is -3.05.